The number of hydrogen-bond donors (Lipinski definition) is 4. The van der Waals surface area contributed by atoms with Crippen molar-refractivity contribution in [3.63, 3.8) is 0 Å². The highest BCUT2D eigenvalue weighted by molar-refractivity contribution is 6.30. The molecule has 1 aliphatic rings. The molecule has 0 aliphatic carbocycles. The van der Waals surface area contributed by atoms with Gasteiger partial charge in [-0.1, -0.05) is 11.6 Å². The number of carbonyl (C=O) groups is 3. The first-order chi connectivity index (χ1) is 16.4. The van der Waals surface area contributed by atoms with Crippen molar-refractivity contribution in [2.45, 2.75) is 44.9 Å². The van der Waals surface area contributed by atoms with E-state index < -0.39 is 24.1 Å². The van der Waals surface area contributed by atoms with Crippen molar-refractivity contribution in [1.29, 1.82) is 0 Å². The van der Waals surface area contributed by atoms with Crippen LogP contribution < -0.4 is 20.9 Å². The zero-order valence-corrected chi connectivity index (χ0v) is 21.1. The van der Waals surface area contributed by atoms with E-state index in [2.05, 4.69) is 16.0 Å². The van der Waals surface area contributed by atoms with Gasteiger partial charge in [0, 0.05) is 47.6 Å². The number of likely N-dealkylation sites (tertiary alicyclic amines) is 1. The van der Waals surface area contributed by atoms with Crippen LogP contribution in [0.25, 0.3) is 0 Å². The van der Waals surface area contributed by atoms with Crippen LogP contribution >= 0.6 is 11.6 Å². The quantitative estimate of drug-likeness (QED) is 0.485. The van der Waals surface area contributed by atoms with E-state index in [1.165, 1.54) is 4.90 Å². The second-order valence-electron chi connectivity index (χ2n) is 9.59. The largest absolute Gasteiger partial charge is 0.391 e. The number of aliphatic hydroxyl groups is 1. The minimum atomic E-state index is -0.829. The van der Waals surface area contributed by atoms with Gasteiger partial charge < -0.3 is 30.9 Å². The van der Waals surface area contributed by atoms with Crippen LogP contribution in [0.2, 0.25) is 5.02 Å². The van der Waals surface area contributed by atoms with E-state index in [1.54, 1.807) is 60.5 Å². The summed E-state index contributed by atoms with van der Waals surface area (Å²) in [5.41, 5.74) is 1.57. The lowest BCUT2D eigenvalue weighted by Crippen LogP contribution is -2.45. The molecule has 0 radical (unpaired) electrons. The van der Waals surface area contributed by atoms with E-state index in [-0.39, 0.29) is 31.0 Å². The molecule has 0 bridgehead atoms. The lowest BCUT2D eigenvalue weighted by molar-refractivity contribution is -0.119. The van der Waals surface area contributed by atoms with Gasteiger partial charge in [0.25, 0.3) is 0 Å². The number of hydrogen-bond acceptors (Lipinski definition) is 5. The number of aliphatic hydroxyl groups excluding tert-OH is 1. The molecular weight excluding hydrogens is 470 g/mol. The minimum absolute atomic E-state index is 0.0476. The fourth-order valence-electron chi connectivity index (χ4n) is 3.61. The molecule has 0 aromatic heterocycles. The molecule has 9 nitrogen and oxygen atoms in total. The summed E-state index contributed by atoms with van der Waals surface area (Å²) in [4.78, 5) is 41.0. The summed E-state index contributed by atoms with van der Waals surface area (Å²) in [7, 11) is 1.69. The van der Waals surface area contributed by atoms with Crippen molar-refractivity contribution in [3.05, 3.63) is 53.6 Å². The number of likely N-dealkylation sites (N-methyl/N-ethyl adjacent to an activating group) is 1. The van der Waals surface area contributed by atoms with Gasteiger partial charge in [0.1, 0.15) is 6.04 Å². The van der Waals surface area contributed by atoms with Crippen molar-refractivity contribution in [1.82, 2.24) is 10.2 Å². The molecule has 4 N–H and O–H groups in total. The van der Waals surface area contributed by atoms with Gasteiger partial charge in [0.15, 0.2) is 0 Å². The molecule has 1 saturated heterocycles. The predicted molar refractivity (Wildman–Crippen MR) is 138 cm³/mol. The Kier molecular flexibility index (Phi) is 8.37. The second-order valence-corrected chi connectivity index (χ2v) is 10.0. The van der Waals surface area contributed by atoms with E-state index >= 15 is 0 Å². The van der Waals surface area contributed by atoms with Crippen molar-refractivity contribution < 1.29 is 19.5 Å². The Balaban J connectivity index is 1.60. The third-order valence-corrected chi connectivity index (χ3v) is 5.86. The molecule has 2 aromatic carbocycles. The van der Waals surface area contributed by atoms with Crippen LogP contribution in [0.5, 0.6) is 0 Å². The molecule has 3 rings (SSSR count). The monoisotopic (exact) mass is 501 g/mol. The van der Waals surface area contributed by atoms with E-state index in [4.69, 9.17) is 11.6 Å². The van der Waals surface area contributed by atoms with Gasteiger partial charge in [-0.15, -0.1) is 0 Å². The third-order valence-electron chi connectivity index (χ3n) is 5.60. The molecule has 10 heteroatoms. The lowest BCUT2D eigenvalue weighted by atomic mass is 10.1. The topological polar surface area (TPSA) is 114 Å². The Morgan fingerprint density at radius 3 is 2.20 bits per heavy atom. The van der Waals surface area contributed by atoms with Crippen molar-refractivity contribution in [3.8, 4) is 0 Å². The van der Waals surface area contributed by atoms with Gasteiger partial charge in [0.2, 0.25) is 11.8 Å². The second kappa shape index (κ2) is 11.1. The van der Waals surface area contributed by atoms with Crippen LogP contribution in [0, 0.1) is 0 Å². The van der Waals surface area contributed by atoms with Crippen LogP contribution in [-0.2, 0) is 9.59 Å². The molecule has 2 aromatic rings. The van der Waals surface area contributed by atoms with Crippen LogP contribution in [-0.4, -0.2) is 65.7 Å². The van der Waals surface area contributed by atoms with Crippen LogP contribution in [0.15, 0.2) is 48.5 Å². The summed E-state index contributed by atoms with van der Waals surface area (Å²) in [6.45, 7) is 6.22. The first-order valence-electron chi connectivity index (χ1n) is 11.4. The van der Waals surface area contributed by atoms with E-state index in [0.29, 0.717) is 22.1 Å². The number of amides is 4. The maximum atomic E-state index is 12.9. The number of nitrogens with zero attached hydrogens (tertiary/aromatic N) is 2. The van der Waals surface area contributed by atoms with Crippen molar-refractivity contribution in [2.24, 2.45) is 0 Å². The summed E-state index contributed by atoms with van der Waals surface area (Å²) in [5, 5.41) is 19.3. The summed E-state index contributed by atoms with van der Waals surface area (Å²) >= 11 is 5.88. The number of β-amino-alcohol motifs (C(OH)–C–C–N with tert-alkyl or cyclic N) is 1. The highest BCUT2D eigenvalue weighted by Gasteiger charge is 2.39. The zero-order chi connectivity index (χ0) is 25.8. The maximum absolute atomic E-state index is 12.9. The molecule has 0 unspecified atom stereocenters. The molecule has 4 amide bonds. The van der Waals surface area contributed by atoms with Gasteiger partial charge in [-0.25, -0.2) is 4.79 Å². The Labute approximate surface area is 210 Å². The summed E-state index contributed by atoms with van der Waals surface area (Å²) in [5.74, 6) is -0.488. The summed E-state index contributed by atoms with van der Waals surface area (Å²) in [6, 6.07) is 12.2. The van der Waals surface area contributed by atoms with E-state index in [1.807, 2.05) is 20.8 Å². The van der Waals surface area contributed by atoms with Crippen LogP contribution in [0.4, 0.5) is 21.9 Å². The SMILES string of the molecule is CN(C(=O)CNC(C)(C)C)c1ccc(NC(=O)[C@H]2C[C@@H](O)CN2C(=O)Nc2ccc(Cl)cc2)cc1. The van der Waals surface area contributed by atoms with Crippen LogP contribution in [0.3, 0.4) is 0 Å². The lowest BCUT2D eigenvalue weighted by Gasteiger charge is -2.24. The molecule has 0 saturated carbocycles. The van der Waals surface area contributed by atoms with E-state index in [9.17, 15) is 19.5 Å². The predicted octanol–water partition coefficient (Wildman–Crippen LogP) is 3.30. The van der Waals surface area contributed by atoms with Gasteiger partial charge in [-0.05, 0) is 69.3 Å². The minimum Gasteiger partial charge on any atom is -0.391 e. The maximum Gasteiger partial charge on any atom is 0.322 e. The van der Waals surface area contributed by atoms with Gasteiger partial charge in [-0.3, -0.25) is 9.59 Å². The molecule has 1 heterocycles. The number of rotatable bonds is 6. The van der Waals surface area contributed by atoms with Gasteiger partial charge in [-0.2, -0.15) is 0 Å². The van der Waals surface area contributed by atoms with Gasteiger partial charge in [0.05, 0.1) is 12.6 Å². The Bertz CT molecular complexity index is 1050. The molecular formula is C25H32ClN5O4. The Morgan fingerprint density at radius 2 is 1.60 bits per heavy atom. The number of halogens is 1. The first-order valence-corrected chi connectivity index (χ1v) is 11.7. The number of benzene rings is 2. The molecule has 1 aliphatic heterocycles. The molecule has 1 fully saturated rings. The summed E-state index contributed by atoms with van der Waals surface area (Å²) < 4.78 is 0. The number of urea groups is 1. The Morgan fingerprint density at radius 1 is 1.03 bits per heavy atom. The number of carbonyl (C=O) groups excluding carboxylic acids is 3. The standard InChI is InChI=1S/C25H32ClN5O4/c1-25(2,3)27-14-22(33)30(4)19-11-9-17(10-12-19)28-23(34)21-13-20(32)15-31(21)24(35)29-18-7-5-16(26)6-8-18/h5-12,20-21,27,32H,13-15H2,1-4H3,(H,28,34)(H,29,35)/t20-,21-/m1/s1. The molecule has 2 atom stereocenters. The normalized spacial score (nSPS) is 17.7. The van der Waals surface area contributed by atoms with Crippen molar-refractivity contribution in [2.75, 3.05) is 35.7 Å². The average molecular weight is 502 g/mol. The summed E-state index contributed by atoms with van der Waals surface area (Å²) in [6.07, 6.45) is -0.666. The average Bonchev–Trinajstić information content (AvgIpc) is 3.20. The third kappa shape index (κ3) is 7.42. The highest BCUT2D eigenvalue weighted by atomic mass is 35.5. The molecule has 188 valence electrons. The smallest absolute Gasteiger partial charge is 0.322 e. The molecule has 35 heavy (non-hydrogen) atoms. The van der Waals surface area contributed by atoms with Gasteiger partial charge >= 0.3 is 6.03 Å². The Hall–Kier alpha value is -3.14. The number of anilines is 3. The fourth-order valence-corrected chi connectivity index (χ4v) is 3.74. The first kappa shape index (κ1) is 26.5. The number of nitrogens with one attached hydrogen (secondary N) is 3. The zero-order valence-electron chi connectivity index (χ0n) is 20.3. The van der Waals surface area contributed by atoms with Crippen molar-refractivity contribution >= 4 is 46.5 Å². The highest BCUT2D eigenvalue weighted by Crippen LogP contribution is 2.23. The van der Waals surface area contributed by atoms with E-state index in [0.717, 1.165) is 0 Å². The fraction of sp³-hybridized carbons (Fsp3) is 0.400. The van der Waals surface area contributed by atoms with Crippen LogP contribution in [0.1, 0.15) is 27.2 Å². The molecule has 0 spiro atoms.